The number of hydrogen-bond acceptors (Lipinski definition) is 2. The molecule has 0 spiro atoms. The molecule has 1 aromatic carbocycles. The van der Waals surface area contributed by atoms with Crippen molar-refractivity contribution < 1.29 is 9.47 Å². The maximum Gasteiger partial charge on any atom is 0.122 e. The van der Waals surface area contributed by atoms with Crippen LogP contribution in [-0.2, 0) is 0 Å². The van der Waals surface area contributed by atoms with Gasteiger partial charge in [-0.05, 0) is 29.5 Å². The molecule has 1 rings (SSSR count). The molecule has 0 saturated heterocycles. The van der Waals surface area contributed by atoms with Gasteiger partial charge in [0.05, 0.1) is 14.2 Å². The first-order valence-corrected chi connectivity index (χ1v) is 8.85. The number of benzene rings is 1. The van der Waals surface area contributed by atoms with Gasteiger partial charge >= 0.3 is 0 Å². The molecule has 0 amide bonds. The van der Waals surface area contributed by atoms with E-state index in [0.29, 0.717) is 11.8 Å². The third-order valence-electron chi connectivity index (χ3n) is 4.77. The predicted octanol–water partition coefficient (Wildman–Crippen LogP) is 6.19. The molecule has 0 radical (unpaired) electrons. The number of rotatable bonds is 11. The second-order valence-corrected chi connectivity index (χ2v) is 6.47. The first-order valence-electron chi connectivity index (χ1n) is 8.85. The third-order valence-corrected chi connectivity index (χ3v) is 4.77. The van der Waals surface area contributed by atoms with E-state index < -0.39 is 0 Å². The van der Waals surface area contributed by atoms with Crippen molar-refractivity contribution in [3.63, 3.8) is 0 Å². The summed E-state index contributed by atoms with van der Waals surface area (Å²) in [5.74, 6) is 2.98. The first-order chi connectivity index (χ1) is 10.6. The van der Waals surface area contributed by atoms with E-state index in [9.17, 15) is 0 Å². The van der Waals surface area contributed by atoms with Crippen molar-refractivity contribution in [2.75, 3.05) is 14.2 Å². The van der Waals surface area contributed by atoms with Crippen LogP contribution in [-0.4, -0.2) is 14.2 Å². The molecule has 2 unspecified atom stereocenters. The van der Waals surface area contributed by atoms with E-state index in [1.165, 1.54) is 50.5 Å². The summed E-state index contributed by atoms with van der Waals surface area (Å²) in [5, 5.41) is 0. The average Bonchev–Trinajstić information content (AvgIpc) is 2.56. The molecule has 0 aromatic heterocycles. The molecule has 0 aliphatic heterocycles. The van der Waals surface area contributed by atoms with Crippen molar-refractivity contribution in [3.05, 3.63) is 23.8 Å². The van der Waals surface area contributed by atoms with Gasteiger partial charge in [-0.2, -0.15) is 0 Å². The maximum atomic E-state index is 5.38. The zero-order chi connectivity index (χ0) is 16.4. The van der Waals surface area contributed by atoms with Crippen LogP contribution in [0.3, 0.4) is 0 Å². The Balaban J connectivity index is 2.50. The summed E-state index contributed by atoms with van der Waals surface area (Å²) in [6.45, 7) is 6.95. The molecule has 2 nitrogen and oxygen atoms in total. The monoisotopic (exact) mass is 306 g/mol. The fraction of sp³-hybridized carbons (Fsp3) is 0.700. The predicted molar refractivity (Wildman–Crippen MR) is 95.1 cm³/mol. The highest BCUT2D eigenvalue weighted by Crippen LogP contribution is 2.33. The molecule has 2 heteroatoms. The van der Waals surface area contributed by atoms with Gasteiger partial charge in [-0.15, -0.1) is 0 Å². The fourth-order valence-electron chi connectivity index (χ4n) is 2.92. The quantitative estimate of drug-likeness (QED) is 0.453. The lowest BCUT2D eigenvalue weighted by molar-refractivity contribution is 0.387. The highest BCUT2D eigenvalue weighted by atomic mass is 16.5. The zero-order valence-electron chi connectivity index (χ0n) is 15.2. The molecule has 0 N–H and O–H groups in total. The van der Waals surface area contributed by atoms with Gasteiger partial charge in [-0.3, -0.25) is 0 Å². The molecule has 0 aliphatic carbocycles. The van der Waals surface area contributed by atoms with Gasteiger partial charge < -0.3 is 9.47 Å². The van der Waals surface area contributed by atoms with Crippen molar-refractivity contribution in [3.8, 4) is 11.5 Å². The average molecular weight is 306 g/mol. The lowest BCUT2D eigenvalue weighted by Gasteiger charge is -2.21. The normalized spacial score (nSPS) is 13.7. The van der Waals surface area contributed by atoms with Crippen LogP contribution < -0.4 is 9.47 Å². The number of hydrogen-bond donors (Lipinski definition) is 0. The summed E-state index contributed by atoms with van der Waals surface area (Å²) in [4.78, 5) is 0. The van der Waals surface area contributed by atoms with Crippen LogP contribution in [0.1, 0.15) is 77.2 Å². The molecule has 2 atom stereocenters. The van der Waals surface area contributed by atoms with E-state index in [-0.39, 0.29) is 0 Å². The highest BCUT2D eigenvalue weighted by molar-refractivity contribution is 5.40. The maximum absolute atomic E-state index is 5.38. The Kier molecular flexibility index (Phi) is 9.03. The van der Waals surface area contributed by atoms with Crippen molar-refractivity contribution in [2.24, 2.45) is 5.92 Å². The van der Waals surface area contributed by atoms with Crippen LogP contribution in [0.4, 0.5) is 0 Å². The van der Waals surface area contributed by atoms with Crippen LogP contribution >= 0.6 is 0 Å². The minimum atomic E-state index is 0.527. The Morgan fingerprint density at radius 2 is 1.36 bits per heavy atom. The second kappa shape index (κ2) is 10.5. The number of ether oxygens (including phenoxy) is 2. The molecule has 22 heavy (non-hydrogen) atoms. The lowest BCUT2D eigenvalue weighted by atomic mass is 9.85. The lowest BCUT2D eigenvalue weighted by Crippen LogP contribution is -2.07. The summed E-state index contributed by atoms with van der Waals surface area (Å²) >= 11 is 0. The van der Waals surface area contributed by atoms with Gasteiger partial charge in [0.15, 0.2) is 0 Å². The van der Waals surface area contributed by atoms with Gasteiger partial charge in [-0.1, -0.05) is 65.7 Å². The Bertz CT molecular complexity index is 392. The number of unbranched alkanes of at least 4 members (excludes halogenated alkanes) is 5. The Labute approximate surface area is 137 Å². The van der Waals surface area contributed by atoms with E-state index in [0.717, 1.165) is 11.5 Å². The molecule has 0 saturated carbocycles. The largest absolute Gasteiger partial charge is 0.497 e. The Morgan fingerprint density at radius 1 is 0.818 bits per heavy atom. The van der Waals surface area contributed by atoms with Gasteiger partial charge in [0.1, 0.15) is 11.5 Å². The van der Waals surface area contributed by atoms with Crippen molar-refractivity contribution in [1.29, 1.82) is 0 Å². The van der Waals surface area contributed by atoms with Gasteiger partial charge in [0, 0.05) is 6.07 Å². The minimum absolute atomic E-state index is 0.527. The standard InChI is InChI=1S/C20H34O2/c1-6-7-8-9-10-11-12-16(2)17(3)18-13-19(21-4)15-20(14-18)22-5/h13-17H,6-12H2,1-5H3. The molecular formula is C20H34O2. The first kappa shape index (κ1) is 18.9. The molecule has 0 fully saturated rings. The topological polar surface area (TPSA) is 18.5 Å². The summed E-state index contributed by atoms with van der Waals surface area (Å²) < 4.78 is 10.8. The molecule has 126 valence electrons. The molecular weight excluding hydrogens is 272 g/mol. The summed E-state index contributed by atoms with van der Waals surface area (Å²) in [7, 11) is 3.42. The van der Waals surface area contributed by atoms with Crippen LogP contribution in [0.2, 0.25) is 0 Å². The van der Waals surface area contributed by atoms with Crippen molar-refractivity contribution in [1.82, 2.24) is 0 Å². The van der Waals surface area contributed by atoms with E-state index >= 15 is 0 Å². The fourth-order valence-corrected chi connectivity index (χ4v) is 2.92. The smallest absolute Gasteiger partial charge is 0.122 e. The van der Waals surface area contributed by atoms with Crippen molar-refractivity contribution >= 4 is 0 Å². The van der Waals surface area contributed by atoms with Crippen molar-refractivity contribution in [2.45, 2.75) is 71.6 Å². The van der Waals surface area contributed by atoms with Gasteiger partial charge in [0.25, 0.3) is 0 Å². The summed E-state index contributed by atoms with van der Waals surface area (Å²) in [6, 6.07) is 6.23. The summed E-state index contributed by atoms with van der Waals surface area (Å²) in [5.41, 5.74) is 1.31. The molecule has 0 bridgehead atoms. The van der Waals surface area contributed by atoms with Crippen LogP contribution in [0, 0.1) is 5.92 Å². The van der Waals surface area contributed by atoms with Gasteiger partial charge in [-0.25, -0.2) is 0 Å². The van der Waals surface area contributed by atoms with E-state index in [4.69, 9.17) is 9.47 Å². The summed E-state index contributed by atoms with van der Waals surface area (Å²) in [6.07, 6.45) is 9.51. The molecule has 1 aromatic rings. The van der Waals surface area contributed by atoms with E-state index in [2.05, 4.69) is 32.9 Å². The Hall–Kier alpha value is -1.18. The van der Waals surface area contributed by atoms with Crippen LogP contribution in [0.15, 0.2) is 18.2 Å². The number of methoxy groups -OCH3 is 2. The SMILES string of the molecule is CCCCCCCCC(C)C(C)c1cc(OC)cc(OC)c1. The minimum Gasteiger partial charge on any atom is -0.497 e. The zero-order valence-corrected chi connectivity index (χ0v) is 15.2. The van der Waals surface area contributed by atoms with Gasteiger partial charge in [0.2, 0.25) is 0 Å². The van der Waals surface area contributed by atoms with E-state index in [1.54, 1.807) is 14.2 Å². The van der Waals surface area contributed by atoms with E-state index in [1.807, 2.05) is 6.07 Å². The molecule has 0 aliphatic rings. The third kappa shape index (κ3) is 6.29. The van der Waals surface area contributed by atoms with Crippen LogP contribution in [0.5, 0.6) is 11.5 Å². The molecule has 0 heterocycles. The highest BCUT2D eigenvalue weighted by Gasteiger charge is 2.16. The Morgan fingerprint density at radius 3 is 1.91 bits per heavy atom. The second-order valence-electron chi connectivity index (χ2n) is 6.47. The van der Waals surface area contributed by atoms with Crippen LogP contribution in [0.25, 0.3) is 0 Å².